The fourth-order valence-electron chi connectivity index (χ4n) is 2.29. The molecule has 0 fully saturated rings. The van der Waals surface area contributed by atoms with Gasteiger partial charge in [0, 0.05) is 22.7 Å². The molecule has 0 spiro atoms. The average Bonchev–Trinajstić information content (AvgIpc) is 3.08. The maximum atomic E-state index is 5.44. The summed E-state index contributed by atoms with van der Waals surface area (Å²) in [5.74, 6) is 1.50. The van der Waals surface area contributed by atoms with Crippen LogP contribution in [0.15, 0.2) is 28.7 Å². The van der Waals surface area contributed by atoms with Crippen molar-refractivity contribution >= 4 is 22.2 Å². The largest absolute Gasteiger partial charge is 0.497 e. The molecule has 0 amide bonds. The molecule has 2 aromatic rings. The van der Waals surface area contributed by atoms with E-state index in [-0.39, 0.29) is 0 Å². The van der Waals surface area contributed by atoms with Crippen LogP contribution in [0.4, 0.5) is 5.13 Å². The van der Waals surface area contributed by atoms with Gasteiger partial charge >= 0.3 is 0 Å². The van der Waals surface area contributed by atoms with Crippen molar-refractivity contribution in [2.24, 2.45) is 5.10 Å². The Labute approximate surface area is 147 Å². The molecule has 0 radical (unpaired) electrons. The smallest absolute Gasteiger partial charge is 0.203 e. The lowest BCUT2D eigenvalue weighted by atomic mass is 10.1. The monoisotopic (exact) mass is 347 g/mol. The third kappa shape index (κ3) is 4.96. The standard InChI is InChI=1S/C18H25N3O2S/c1-5-6-7-8-13(2)20-21-18-19-16(12-24-18)15-10-9-14(22-3)11-17(15)23-4/h9-12H,5-8H2,1-4H3,(H,19,21)/b20-13+. The summed E-state index contributed by atoms with van der Waals surface area (Å²) in [6, 6.07) is 5.72. The van der Waals surface area contributed by atoms with E-state index in [1.54, 1.807) is 14.2 Å². The number of nitrogens with one attached hydrogen (secondary N) is 1. The maximum absolute atomic E-state index is 5.44. The molecule has 0 atom stereocenters. The predicted octanol–water partition coefficient (Wildman–Crippen LogP) is 5.20. The number of methoxy groups -OCH3 is 2. The Hall–Kier alpha value is -2.08. The van der Waals surface area contributed by atoms with Crippen LogP contribution in [-0.2, 0) is 0 Å². The normalized spacial score (nSPS) is 11.4. The third-order valence-corrected chi connectivity index (χ3v) is 4.42. The molecule has 1 N–H and O–H groups in total. The lowest BCUT2D eigenvalue weighted by Crippen LogP contribution is -1.97. The Morgan fingerprint density at radius 1 is 1.25 bits per heavy atom. The van der Waals surface area contributed by atoms with Gasteiger partial charge in [-0.15, -0.1) is 11.3 Å². The number of unbranched alkanes of at least 4 members (excludes halogenated alkanes) is 2. The number of rotatable bonds is 9. The zero-order valence-electron chi connectivity index (χ0n) is 14.8. The van der Waals surface area contributed by atoms with E-state index in [1.165, 1.54) is 30.6 Å². The highest BCUT2D eigenvalue weighted by Crippen LogP contribution is 2.34. The molecule has 5 nitrogen and oxygen atoms in total. The molecule has 24 heavy (non-hydrogen) atoms. The lowest BCUT2D eigenvalue weighted by molar-refractivity contribution is 0.395. The number of thiazole rings is 1. The SMILES string of the molecule is CCCCC/C(C)=N/Nc1nc(-c2ccc(OC)cc2OC)cs1. The van der Waals surface area contributed by atoms with Crippen LogP contribution < -0.4 is 14.9 Å². The van der Waals surface area contributed by atoms with Gasteiger partial charge < -0.3 is 9.47 Å². The molecule has 1 heterocycles. The van der Waals surface area contributed by atoms with E-state index in [0.29, 0.717) is 0 Å². The van der Waals surface area contributed by atoms with Gasteiger partial charge in [-0.1, -0.05) is 19.8 Å². The van der Waals surface area contributed by atoms with Crippen molar-refractivity contribution in [3.8, 4) is 22.8 Å². The topological polar surface area (TPSA) is 55.7 Å². The minimum atomic E-state index is 0.741. The number of anilines is 1. The van der Waals surface area contributed by atoms with Gasteiger partial charge in [-0.25, -0.2) is 4.98 Å². The van der Waals surface area contributed by atoms with Gasteiger partial charge in [-0.2, -0.15) is 5.10 Å². The van der Waals surface area contributed by atoms with Gasteiger partial charge in [-0.3, -0.25) is 5.43 Å². The van der Waals surface area contributed by atoms with Crippen LogP contribution in [0.1, 0.15) is 39.5 Å². The highest BCUT2D eigenvalue weighted by molar-refractivity contribution is 7.14. The molecule has 0 saturated heterocycles. The van der Waals surface area contributed by atoms with Crippen molar-refractivity contribution in [2.75, 3.05) is 19.6 Å². The summed E-state index contributed by atoms with van der Waals surface area (Å²) in [4.78, 5) is 4.59. The van der Waals surface area contributed by atoms with Crippen LogP contribution in [0, 0.1) is 0 Å². The van der Waals surface area contributed by atoms with E-state index in [4.69, 9.17) is 9.47 Å². The van der Waals surface area contributed by atoms with Gasteiger partial charge in [0.15, 0.2) is 0 Å². The third-order valence-electron chi connectivity index (χ3n) is 3.67. The van der Waals surface area contributed by atoms with Crippen molar-refractivity contribution in [3.05, 3.63) is 23.6 Å². The highest BCUT2D eigenvalue weighted by Gasteiger charge is 2.11. The molecule has 0 aliphatic rings. The Bertz CT molecular complexity index is 683. The Kier molecular flexibility index (Phi) is 7.06. The average molecular weight is 347 g/mol. The Morgan fingerprint density at radius 2 is 2.08 bits per heavy atom. The first kappa shape index (κ1) is 18.3. The summed E-state index contributed by atoms with van der Waals surface area (Å²) in [6.45, 7) is 4.25. The van der Waals surface area contributed by atoms with Crippen LogP contribution in [0.2, 0.25) is 0 Å². The molecule has 1 aromatic heterocycles. The molecule has 0 aliphatic carbocycles. The van der Waals surface area contributed by atoms with Gasteiger partial charge in [0.25, 0.3) is 0 Å². The van der Waals surface area contributed by atoms with Crippen LogP contribution in [0.25, 0.3) is 11.3 Å². The van der Waals surface area contributed by atoms with Crippen LogP contribution >= 0.6 is 11.3 Å². The number of benzene rings is 1. The van der Waals surface area contributed by atoms with Crippen LogP contribution in [0.5, 0.6) is 11.5 Å². The van der Waals surface area contributed by atoms with Gasteiger partial charge in [0.2, 0.25) is 5.13 Å². The summed E-state index contributed by atoms with van der Waals surface area (Å²) in [5, 5.41) is 7.18. The summed E-state index contributed by atoms with van der Waals surface area (Å²) < 4.78 is 10.7. The first-order chi connectivity index (χ1) is 11.7. The first-order valence-electron chi connectivity index (χ1n) is 8.15. The number of aromatic nitrogens is 1. The van der Waals surface area contributed by atoms with E-state index in [0.717, 1.165) is 40.0 Å². The van der Waals surface area contributed by atoms with Crippen molar-refractivity contribution in [1.82, 2.24) is 4.98 Å². The molecule has 6 heteroatoms. The summed E-state index contributed by atoms with van der Waals surface area (Å²) in [6.07, 6.45) is 4.66. The van der Waals surface area contributed by atoms with E-state index in [1.807, 2.05) is 30.5 Å². The minimum absolute atomic E-state index is 0.741. The van der Waals surface area contributed by atoms with E-state index < -0.39 is 0 Å². The number of hydrogen-bond donors (Lipinski definition) is 1. The molecular formula is C18H25N3O2S. The lowest BCUT2D eigenvalue weighted by Gasteiger charge is -2.08. The fraction of sp³-hybridized carbons (Fsp3) is 0.444. The van der Waals surface area contributed by atoms with Crippen molar-refractivity contribution in [1.29, 1.82) is 0 Å². The highest BCUT2D eigenvalue weighted by atomic mass is 32.1. The summed E-state index contributed by atoms with van der Waals surface area (Å²) in [7, 11) is 3.29. The molecule has 0 saturated carbocycles. The Balaban J connectivity index is 2.06. The molecule has 0 unspecified atom stereocenters. The van der Waals surface area contributed by atoms with E-state index in [9.17, 15) is 0 Å². The van der Waals surface area contributed by atoms with Crippen molar-refractivity contribution in [3.63, 3.8) is 0 Å². The number of hydrazone groups is 1. The number of ether oxygens (including phenoxy) is 2. The fourth-order valence-corrected chi connectivity index (χ4v) is 2.94. The van der Waals surface area contributed by atoms with Gasteiger partial charge in [-0.05, 0) is 31.9 Å². The van der Waals surface area contributed by atoms with Crippen molar-refractivity contribution in [2.45, 2.75) is 39.5 Å². The summed E-state index contributed by atoms with van der Waals surface area (Å²) >= 11 is 1.53. The van der Waals surface area contributed by atoms with E-state index >= 15 is 0 Å². The zero-order chi connectivity index (χ0) is 17.4. The van der Waals surface area contributed by atoms with Crippen LogP contribution in [0.3, 0.4) is 0 Å². The second-order valence-electron chi connectivity index (χ2n) is 5.52. The molecule has 1 aromatic carbocycles. The van der Waals surface area contributed by atoms with Crippen molar-refractivity contribution < 1.29 is 9.47 Å². The second-order valence-corrected chi connectivity index (χ2v) is 6.38. The second kappa shape index (κ2) is 9.27. The van der Waals surface area contributed by atoms with Gasteiger partial charge in [0.05, 0.1) is 19.9 Å². The van der Waals surface area contributed by atoms with Gasteiger partial charge in [0.1, 0.15) is 11.5 Å². The Morgan fingerprint density at radius 3 is 2.79 bits per heavy atom. The maximum Gasteiger partial charge on any atom is 0.203 e. The summed E-state index contributed by atoms with van der Waals surface area (Å²) in [5.41, 5.74) is 5.95. The molecule has 0 aliphatic heterocycles. The first-order valence-corrected chi connectivity index (χ1v) is 9.03. The number of nitrogens with zero attached hydrogens (tertiary/aromatic N) is 2. The number of hydrogen-bond acceptors (Lipinski definition) is 6. The predicted molar refractivity (Wildman–Crippen MR) is 102 cm³/mol. The minimum Gasteiger partial charge on any atom is -0.497 e. The quantitative estimate of drug-likeness (QED) is 0.385. The molecular weight excluding hydrogens is 322 g/mol. The molecule has 130 valence electrons. The molecule has 0 bridgehead atoms. The van der Waals surface area contributed by atoms with E-state index in [2.05, 4.69) is 22.4 Å². The molecule has 2 rings (SSSR count). The van der Waals surface area contributed by atoms with Crippen LogP contribution in [-0.4, -0.2) is 24.9 Å². The zero-order valence-corrected chi connectivity index (χ0v) is 15.6.